The molecule has 0 saturated carbocycles. The molecule has 0 aliphatic carbocycles. The van der Waals surface area contributed by atoms with Gasteiger partial charge in [0.1, 0.15) is 11.2 Å². The number of sulfonamides is 1. The minimum absolute atomic E-state index is 0.219. The van der Waals surface area contributed by atoms with E-state index in [1.807, 2.05) is 0 Å². The van der Waals surface area contributed by atoms with E-state index in [1.165, 1.54) is 0 Å². The number of ether oxygens (including phenoxy) is 2. The van der Waals surface area contributed by atoms with E-state index in [2.05, 4.69) is 4.72 Å². The highest BCUT2D eigenvalue weighted by Gasteiger charge is 2.32. The Labute approximate surface area is 167 Å². The molecule has 28 heavy (non-hydrogen) atoms. The maximum Gasteiger partial charge on any atom is 0.420 e. The van der Waals surface area contributed by atoms with Crippen molar-refractivity contribution in [1.82, 2.24) is 4.90 Å². The molecule has 2 amide bonds. The van der Waals surface area contributed by atoms with Crippen molar-refractivity contribution in [2.45, 2.75) is 66.2 Å². The predicted molar refractivity (Wildman–Crippen MR) is 108 cm³/mol. The van der Waals surface area contributed by atoms with Crippen molar-refractivity contribution >= 4 is 27.9 Å². The summed E-state index contributed by atoms with van der Waals surface area (Å²) in [7, 11) is -3.56. The SMILES string of the molecule is Cc1cccc(CN(C(=O)OC(C)(C)C)C(=O)OC(C)(C)C)c1NS(C)(=O)=O. The quantitative estimate of drug-likeness (QED) is 0.798. The molecule has 0 aliphatic rings. The molecule has 0 fully saturated rings. The lowest BCUT2D eigenvalue weighted by molar-refractivity contribution is -0.000205. The van der Waals surface area contributed by atoms with Gasteiger partial charge >= 0.3 is 12.2 Å². The molecule has 0 saturated heterocycles. The van der Waals surface area contributed by atoms with Gasteiger partial charge in [-0.25, -0.2) is 22.9 Å². The van der Waals surface area contributed by atoms with Crippen molar-refractivity contribution in [2.24, 2.45) is 0 Å². The molecule has 1 aromatic carbocycles. The second kappa shape index (κ2) is 8.38. The molecule has 0 heterocycles. The van der Waals surface area contributed by atoms with Crippen molar-refractivity contribution < 1.29 is 27.5 Å². The topological polar surface area (TPSA) is 102 Å². The van der Waals surface area contributed by atoms with Gasteiger partial charge in [-0.1, -0.05) is 18.2 Å². The van der Waals surface area contributed by atoms with Crippen molar-refractivity contribution in [2.75, 3.05) is 11.0 Å². The summed E-state index contributed by atoms with van der Waals surface area (Å²) < 4.78 is 36.5. The Morgan fingerprint density at radius 1 is 1.00 bits per heavy atom. The molecule has 0 unspecified atom stereocenters. The molecule has 8 nitrogen and oxygen atoms in total. The second-order valence-corrected chi connectivity index (χ2v) is 10.3. The fraction of sp³-hybridized carbons (Fsp3) is 0.579. The zero-order valence-corrected chi connectivity index (χ0v) is 18.6. The van der Waals surface area contributed by atoms with Gasteiger partial charge in [-0.05, 0) is 59.6 Å². The number of para-hydroxylation sites is 1. The van der Waals surface area contributed by atoms with Crippen molar-refractivity contribution in [3.05, 3.63) is 29.3 Å². The molecular weight excluding hydrogens is 384 g/mol. The molecule has 0 aliphatic heterocycles. The van der Waals surface area contributed by atoms with Gasteiger partial charge in [0.05, 0.1) is 18.5 Å². The van der Waals surface area contributed by atoms with Crippen LogP contribution >= 0.6 is 0 Å². The molecule has 158 valence electrons. The summed E-state index contributed by atoms with van der Waals surface area (Å²) in [5.41, 5.74) is -0.254. The van der Waals surface area contributed by atoms with Crippen LogP contribution in [0.15, 0.2) is 18.2 Å². The van der Waals surface area contributed by atoms with E-state index >= 15 is 0 Å². The maximum atomic E-state index is 12.6. The minimum atomic E-state index is -3.56. The van der Waals surface area contributed by atoms with Crippen LogP contribution in [0.4, 0.5) is 15.3 Å². The standard InChI is InChI=1S/C19H30N2O6S/c1-13-10-9-11-14(15(13)20-28(8,24)25)12-21(16(22)26-18(2,3)4)17(23)27-19(5,6)7/h9-11,20H,12H2,1-8H3. The van der Waals surface area contributed by atoms with Gasteiger partial charge in [0.15, 0.2) is 0 Å². The lowest BCUT2D eigenvalue weighted by Crippen LogP contribution is -2.43. The molecule has 1 aromatic rings. The van der Waals surface area contributed by atoms with Gasteiger partial charge in [0, 0.05) is 0 Å². The van der Waals surface area contributed by atoms with Gasteiger partial charge in [-0.15, -0.1) is 0 Å². The lowest BCUT2D eigenvalue weighted by Gasteiger charge is -2.29. The Balaban J connectivity index is 3.32. The average molecular weight is 415 g/mol. The predicted octanol–water partition coefficient (Wildman–Crippen LogP) is 4.04. The molecule has 0 spiro atoms. The van der Waals surface area contributed by atoms with E-state index in [0.29, 0.717) is 16.8 Å². The van der Waals surface area contributed by atoms with Crippen LogP contribution in [0.25, 0.3) is 0 Å². The summed E-state index contributed by atoms with van der Waals surface area (Å²) >= 11 is 0. The van der Waals surface area contributed by atoms with Crippen LogP contribution in [0, 0.1) is 6.92 Å². The Hall–Kier alpha value is -2.29. The Kier molecular flexibility index (Phi) is 7.11. The Bertz CT molecular complexity index is 807. The van der Waals surface area contributed by atoms with E-state index in [0.717, 1.165) is 11.2 Å². The highest BCUT2D eigenvalue weighted by atomic mass is 32.2. The maximum absolute atomic E-state index is 12.6. The molecule has 0 atom stereocenters. The molecule has 1 N–H and O–H groups in total. The number of anilines is 1. The largest absolute Gasteiger partial charge is 0.443 e. The molecular formula is C19H30N2O6S. The summed E-state index contributed by atoms with van der Waals surface area (Å²) in [6, 6.07) is 5.06. The van der Waals surface area contributed by atoms with Crippen LogP contribution in [-0.2, 0) is 26.0 Å². The first-order chi connectivity index (χ1) is 12.5. The lowest BCUT2D eigenvalue weighted by atomic mass is 10.1. The van der Waals surface area contributed by atoms with Gasteiger partial charge in [0.25, 0.3) is 0 Å². The number of rotatable bonds is 4. The van der Waals surface area contributed by atoms with Gasteiger partial charge < -0.3 is 9.47 Å². The average Bonchev–Trinajstić information content (AvgIpc) is 2.42. The number of carbonyl (C=O) groups excluding carboxylic acids is 2. The zero-order valence-electron chi connectivity index (χ0n) is 17.7. The van der Waals surface area contributed by atoms with Gasteiger partial charge in [-0.2, -0.15) is 0 Å². The fourth-order valence-electron chi connectivity index (χ4n) is 2.20. The van der Waals surface area contributed by atoms with E-state index in [9.17, 15) is 18.0 Å². The first kappa shape index (κ1) is 23.7. The monoisotopic (exact) mass is 414 g/mol. The van der Waals surface area contributed by atoms with Crippen LogP contribution in [0.3, 0.4) is 0 Å². The highest BCUT2D eigenvalue weighted by molar-refractivity contribution is 7.92. The second-order valence-electron chi connectivity index (χ2n) is 8.53. The number of nitrogens with one attached hydrogen (secondary N) is 1. The zero-order chi connectivity index (χ0) is 21.9. The number of benzene rings is 1. The van der Waals surface area contributed by atoms with Crippen LogP contribution in [0.1, 0.15) is 52.7 Å². The summed E-state index contributed by atoms with van der Waals surface area (Å²) in [5, 5.41) is 0. The highest BCUT2D eigenvalue weighted by Crippen LogP contribution is 2.25. The number of hydrogen-bond donors (Lipinski definition) is 1. The van der Waals surface area contributed by atoms with E-state index in [-0.39, 0.29) is 6.54 Å². The molecule has 0 aromatic heterocycles. The minimum Gasteiger partial charge on any atom is -0.443 e. The van der Waals surface area contributed by atoms with E-state index in [1.54, 1.807) is 66.7 Å². The third kappa shape index (κ3) is 8.16. The summed E-state index contributed by atoms with van der Waals surface area (Å²) in [4.78, 5) is 26.1. The van der Waals surface area contributed by atoms with Crippen LogP contribution in [0.2, 0.25) is 0 Å². The van der Waals surface area contributed by atoms with Crippen LogP contribution < -0.4 is 4.72 Å². The van der Waals surface area contributed by atoms with Crippen LogP contribution in [-0.4, -0.2) is 43.0 Å². The van der Waals surface area contributed by atoms with Gasteiger partial charge in [0.2, 0.25) is 10.0 Å². The van der Waals surface area contributed by atoms with Gasteiger partial charge in [-0.3, -0.25) is 4.72 Å². The first-order valence-electron chi connectivity index (χ1n) is 8.78. The molecule has 0 bridgehead atoms. The number of imide groups is 1. The Morgan fingerprint density at radius 2 is 1.46 bits per heavy atom. The van der Waals surface area contributed by atoms with E-state index < -0.39 is 33.4 Å². The summed E-state index contributed by atoms with van der Waals surface area (Å²) in [6.45, 7) is 11.6. The summed E-state index contributed by atoms with van der Waals surface area (Å²) in [5.74, 6) is 0. The number of amides is 2. The van der Waals surface area contributed by atoms with Crippen molar-refractivity contribution in [3.8, 4) is 0 Å². The Morgan fingerprint density at radius 3 is 1.86 bits per heavy atom. The molecule has 9 heteroatoms. The summed E-state index contributed by atoms with van der Waals surface area (Å²) in [6.07, 6.45) is -0.731. The number of aryl methyl sites for hydroxylation is 1. The van der Waals surface area contributed by atoms with Crippen LogP contribution in [0.5, 0.6) is 0 Å². The number of carbonyl (C=O) groups is 2. The van der Waals surface area contributed by atoms with Crippen molar-refractivity contribution in [1.29, 1.82) is 0 Å². The first-order valence-corrected chi connectivity index (χ1v) is 10.7. The van der Waals surface area contributed by atoms with E-state index in [4.69, 9.17) is 9.47 Å². The third-order valence-electron chi connectivity index (χ3n) is 3.20. The normalized spacial score (nSPS) is 12.3. The van der Waals surface area contributed by atoms with Crippen molar-refractivity contribution in [3.63, 3.8) is 0 Å². The smallest absolute Gasteiger partial charge is 0.420 e. The third-order valence-corrected chi connectivity index (χ3v) is 3.78. The molecule has 0 radical (unpaired) electrons. The molecule has 1 rings (SSSR count). The number of hydrogen-bond acceptors (Lipinski definition) is 6. The fourth-order valence-corrected chi connectivity index (χ4v) is 2.86. The number of nitrogens with zero attached hydrogens (tertiary/aromatic N) is 1.